The molecule has 164 valence electrons. The van der Waals surface area contributed by atoms with Crippen LogP contribution in [0.1, 0.15) is 82.0 Å². The molecule has 0 radical (unpaired) electrons. The summed E-state index contributed by atoms with van der Waals surface area (Å²) in [6.45, 7) is 12.2. The zero-order chi connectivity index (χ0) is 22.2. The Hall–Kier alpha value is -1.68. The maximum atomic E-state index is 13.8. The van der Waals surface area contributed by atoms with Gasteiger partial charge in [-0.15, -0.1) is 0 Å². The summed E-state index contributed by atoms with van der Waals surface area (Å²) in [5, 5.41) is 0. The van der Waals surface area contributed by atoms with Gasteiger partial charge in [-0.05, 0) is 66.5 Å². The number of rotatable bonds is 6. The van der Waals surface area contributed by atoms with Crippen LogP contribution in [0.25, 0.3) is 0 Å². The zero-order valence-electron chi connectivity index (χ0n) is 19.0. The van der Waals surface area contributed by atoms with Crippen molar-refractivity contribution in [1.29, 1.82) is 0 Å². The topological polar surface area (TPSA) is 57.5 Å². The number of ketones is 1. The van der Waals surface area contributed by atoms with Crippen LogP contribution in [0.2, 0.25) is 0 Å². The molecule has 5 nitrogen and oxygen atoms in total. The third-order valence-corrected chi connectivity index (χ3v) is 7.45. The van der Waals surface area contributed by atoms with Crippen molar-refractivity contribution in [2.45, 2.75) is 78.0 Å². The number of hydrogen-bond donors (Lipinski definition) is 0. The van der Waals surface area contributed by atoms with Gasteiger partial charge in [0, 0.05) is 23.7 Å². The van der Waals surface area contributed by atoms with Crippen molar-refractivity contribution in [3.63, 3.8) is 0 Å². The summed E-state index contributed by atoms with van der Waals surface area (Å²) in [5.41, 5.74) is 1.25. The van der Waals surface area contributed by atoms with Crippen LogP contribution in [0.5, 0.6) is 0 Å². The summed E-state index contributed by atoms with van der Waals surface area (Å²) in [6.07, 6.45) is 2.13. The van der Waals surface area contributed by atoms with Crippen LogP contribution in [0.15, 0.2) is 42.5 Å². The Morgan fingerprint density at radius 2 is 1.60 bits per heavy atom. The van der Waals surface area contributed by atoms with Gasteiger partial charge in [-0.25, -0.2) is 0 Å². The maximum absolute atomic E-state index is 13.8. The van der Waals surface area contributed by atoms with Gasteiger partial charge in [0.25, 0.3) is 0 Å². The first-order valence-electron chi connectivity index (χ1n) is 10.7. The van der Waals surface area contributed by atoms with Gasteiger partial charge >= 0.3 is 7.60 Å². The molecule has 0 saturated heterocycles. The molecule has 30 heavy (non-hydrogen) atoms. The lowest BCUT2D eigenvalue weighted by molar-refractivity contribution is 0.0483. The molecule has 0 amide bonds. The van der Waals surface area contributed by atoms with E-state index in [4.69, 9.17) is 9.05 Å². The summed E-state index contributed by atoms with van der Waals surface area (Å²) in [4.78, 5) is 13.0. The van der Waals surface area contributed by atoms with Crippen molar-refractivity contribution in [2.24, 2.45) is 0 Å². The Kier molecular flexibility index (Phi) is 6.48. The third-order valence-electron chi connectivity index (χ3n) is 4.91. The molecule has 2 aromatic rings. The summed E-state index contributed by atoms with van der Waals surface area (Å²) in [6, 6.07) is 13.2. The quantitative estimate of drug-likeness (QED) is 0.391. The molecule has 1 aliphatic heterocycles. The molecule has 1 atom stereocenters. The Morgan fingerprint density at radius 1 is 1.00 bits per heavy atom. The molecule has 0 fully saturated rings. The Morgan fingerprint density at radius 3 is 2.17 bits per heavy atom. The normalized spacial score (nSPS) is 17.6. The van der Waals surface area contributed by atoms with Crippen LogP contribution in [-0.4, -0.2) is 27.7 Å². The average molecular weight is 432 g/mol. The van der Waals surface area contributed by atoms with Crippen LogP contribution in [0.3, 0.4) is 0 Å². The Labute approximate surface area is 180 Å². The minimum Gasteiger partial charge on any atom is -0.342 e. The van der Waals surface area contributed by atoms with E-state index < -0.39 is 18.8 Å². The predicted molar refractivity (Wildman–Crippen MR) is 120 cm³/mol. The highest BCUT2D eigenvalue weighted by Crippen LogP contribution is 2.57. The lowest BCUT2D eigenvalue weighted by Gasteiger charge is -2.35. The number of carbonyl (C=O) groups is 1. The molecular weight excluding hydrogens is 397 g/mol. The number of fused-ring (bicyclic) bond motifs is 1. The lowest BCUT2D eigenvalue weighted by Crippen LogP contribution is -2.28. The molecule has 1 aliphatic rings. The van der Waals surface area contributed by atoms with E-state index in [-0.39, 0.29) is 11.7 Å². The lowest BCUT2D eigenvalue weighted by atomic mass is 9.98. The van der Waals surface area contributed by atoms with Gasteiger partial charge in [0.15, 0.2) is 0 Å². The third kappa shape index (κ3) is 5.72. The molecular formula is C24H34NO4P. The monoisotopic (exact) mass is 431 g/mol. The van der Waals surface area contributed by atoms with E-state index in [1.54, 1.807) is 0 Å². The van der Waals surface area contributed by atoms with E-state index in [2.05, 4.69) is 4.57 Å². The van der Waals surface area contributed by atoms with E-state index in [1.165, 1.54) is 0 Å². The standard InChI is InChI=1S/C24H34NO4P/c1-23(2,3)28-30(27,29-24(4,5)6)17-19-13-10-16-25-20(19)14-15-21(25)22(26)18-11-8-7-9-12-18/h7-9,11-12,14-15,19H,10,13,16-17H2,1-6H3. The first-order valence-corrected chi connectivity index (χ1v) is 12.4. The first kappa shape index (κ1) is 23.0. The second-order valence-electron chi connectivity index (χ2n) is 10.0. The Bertz CT molecular complexity index is 914. The fourth-order valence-electron chi connectivity index (χ4n) is 4.05. The van der Waals surface area contributed by atoms with Crippen molar-refractivity contribution in [3.8, 4) is 0 Å². The molecule has 0 bridgehead atoms. The molecule has 0 spiro atoms. The highest BCUT2D eigenvalue weighted by molar-refractivity contribution is 7.54. The van der Waals surface area contributed by atoms with Gasteiger partial charge in [0.1, 0.15) is 0 Å². The summed E-state index contributed by atoms with van der Waals surface area (Å²) >= 11 is 0. The van der Waals surface area contributed by atoms with Crippen LogP contribution in [-0.2, 0) is 20.2 Å². The van der Waals surface area contributed by atoms with E-state index in [1.807, 2.05) is 84.0 Å². The van der Waals surface area contributed by atoms with Crippen LogP contribution in [0.4, 0.5) is 0 Å². The number of benzene rings is 1. The highest BCUT2D eigenvalue weighted by atomic mass is 31.2. The smallest absolute Gasteiger partial charge is 0.332 e. The highest BCUT2D eigenvalue weighted by Gasteiger charge is 2.39. The van der Waals surface area contributed by atoms with Crippen LogP contribution >= 0.6 is 7.60 Å². The van der Waals surface area contributed by atoms with Gasteiger partial charge in [0.05, 0.1) is 23.1 Å². The van der Waals surface area contributed by atoms with Crippen molar-refractivity contribution in [3.05, 3.63) is 59.4 Å². The molecule has 3 rings (SSSR count). The summed E-state index contributed by atoms with van der Waals surface area (Å²) < 4.78 is 27.8. The number of hydrogen-bond acceptors (Lipinski definition) is 4. The zero-order valence-corrected chi connectivity index (χ0v) is 19.9. The molecule has 0 saturated carbocycles. The molecule has 2 heterocycles. The largest absolute Gasteiger partial charge is 0.342 e. The number of aromatic nitrogens is 1. The fourth-order valence-corrected chi connectivity index (χ4v) is 6.82. The van der Waals surface area contributed by atoms with Gasteiger partial charge in [-0.2, -0.15) is 0 Å². The maximum Gasteiger partial charge on any atom is 0.332 e. The second kappa shape index (κ2) is 8.45. The van der Waals surface area contributed by atoms with Crippen LogP contribution < -0.4 is 0 Å². The summed E-state index contributed by atoms with van der Waals surface area (Å²) in [5.74, 6) is 0.0363. The number of carbonyl (C=O) groups excluding carboxylic acids is 1. The van der Waals surface area contributed by atoms with Crippen LogP contribution in [0, 0.1) is 0 Å². The van der Waals surface area contributed by atoms with E-state index in [9.17, 15) is 9.36 Å². The van der Waals surface area contributed by atoms with E-state index >= 15 is 0 Å². The second-order valence-corrected chi connectivity index (χ2v) is 12.0. The summed E-state index contributed by atoms with van der Waals surface area (Å²) in [7, 11) is -3.36. The van der Waals surface area contributed by atoms with Crippen molar-refractivity contribution in [1.82, 2.24) is 4.57 Å². The molecule has 0 N–H and O–H groups in total. The SMILES string of the molecule is CC(C)(C)OP(=O)(CC1CCCn2c(C(=O)c3ccccc3)ccc21)OC(C)(C)C. The van der Waals surface area contributed by atoms with Crippen molar-refractivity contribution < 1.29 is 18.4 Å². The molecule has 0 aliphatic carbocycles. The fraction of sp³-hybridized carbons (Fsp3) is 0.542. The van der Waals surface area contributed by atoms with E-state index in [0.717, 1.165) is 25.1 Å². The van der Waals surface area contributed by atoms with Gasteiger partial charge in [-0.3, -0.25) is 9.36 Å². The first-order chi connectivity index (χ1) is 13.9. The van der Waals surface area contributed by atoms with E-state index in [0.29, 0.717) is 17.4 Å². The van der Waals surface area contributed by atoms with Gasteiger partial charge < -0.3 is 13.6 Å². The Balaban J connectivity index is 1.90. The average Bonchev–Trinajstić information content (AvgIpc) is 3.03. The molecule has 1 aromatic carbocycles. The minimum atomic E-state index is -3.36. The van der Waals surface area contributed by atoms with Gasteiger partial charge in [-0.1, -0.05) is 30.3 Å². The van der Waals surface area contributed by atoms with Gasteiger partial charge in [0.2, 0.25) is 5.78 Å². The van der Waals surface area contributed by atoms with Crippen molar-refractivity contribution >= 4 is 13.4 Å². The number of nitrogens with zero attached hydrogens (tertiary/aromatic N) is 1. The molecule has 1 unspecified atom stereocenters. The minimum absolute atomic E-state index is 0.0163. The molecule has 1 aromatic heterocycles. The predicted octanol–water partition coefficient (Wildman–Crippen LogP) is 6.42. The van der Waals surface area contributed by atoms with Crippen molar-refractivity contribution in [2.75, 3.05) is 6.16 Å². The molecule has 6 heteroatoms.